The van der Waals surface area contributed by atoms with Gasteiger partial charge in [0.2, 0.25) is 10.1 Å². The summed E-state index contributed by atoms with van der Waals surface area (Å²) in [6.07, 6.45) is 1.10. The van der Waals surface area contributed by atoms with E-state index in [0.29, 0.717) is 22.7 Å². The quantitative estimate of drug-likeness (QED) is 0.775. The van der Waals surface area contributed by atoms with E-state index in [1.165, 1.54) is 11.3 Å². The zero-order chi connectivity index (χ0) is 13.5. The Hall–Kier alpha value is -1.21. The van der Waals surface area contributed by atoms with E-state index in [1.807, 2.05) is 0 Å². The summed E-state index contributed by atoms with van der Waals surface area (Å²) in [7, 11) is 3.81. The van der Waals surface area contributed by atoms with Gasteiger partial charge < -0.3 is 15.5 Å². The van der Waals surface area contributed by atoms with Crippen LogP contribution >= 0.6 is 11.3 Å². The Morgan fingerprint density at radius 3 is 2.78 bits per heavy atom. The average Bonchev–Trinajstić information content (AvgIpc) is 2.86. The number of hydrogen-bond acceptors (Lipinski definition) is 6. The molecule has 0 aliphatic carbocycles. The maximum Gasteiger partial charge on any atom is 0.282 e. The molecule has 0 saturated carbocycles. The van der Waals surface area contributed by atoms with Crippen LogP contribution in [0.1, 0.15) is 30.1 Å². The third-order valence-corrected chi connectivity index (χ3v) is 3.87. The molecule has 1 aromatic rings. The highest BCUT2D eigenvalue weighted by Crippen LogP contribution is 2.13. The predicted octanol–water partition coefficient (Wildman–Crippen LogP) is 1.04. The number of hydrogen-bond donors (Lipinski definition) is 2. The molecule has 18 heavy (non-hydrogen) atoms. The molecule has 0 spiro atoms. The third-order valence-electron chi connectivity index (χ3n) is 2.93. The number of nitrogens with one attached hydrogen (secondary N) is 2. The van der Waals surface area contributed by atoms with Gasteiger partial charge in [-0.15, -0.1) is 10.2 Å². The Morgan fingerprint density at radius 1 is 1.50 bits per heavy atom. The zero-order valence-corrected chi connectivity index (χ0v) is 12.2. The van der Waals surface area contributed by atoms with Crippen molar-refractivity contribution in [1.29, 1.82) is 0 Å². The molecule has 1 atom stereocenters. The lowest BCUT2D eigenvalue weighted by molar-refractivity contribution is 0.0946. The van der Waals surface area contributed by atoms with Crippen molar-refractivity contribution in [2.45, 2.75) is 26.3 Å². The van der Waals surface area contributed by atoms with Crippen LogP contribution in [-0.2, 0) is 0 Å². The Morgan fingerprint density at radius 2 is 2.22 bits per heavy atom. The molecule has 1 heterocycles. The molecule has 0 aliphatic rings. The number of likely N-dealkylation sites (N-methyl/N-ethyl adjacent to an activating group) is 1. The summed E-state index contributed by atoms with van der Waals surface area (Å²) in [6.45, 7) is 5.78. The first kappa shape index (κ1) is 14.8. The average molecular weight is 271 g/mol. The molecule has 1 amide bonds. The van der Waals surface area contributed by atoms with Crippen molar-refractivity contribution >= 4 is 22.4 Å². The summed E-state index contributed by atoms with van der Waals surface area (Å²) in [5.74, 6) is -0.161. The van der Waals surface area contributed by atoms with Crippen molar-refractivity contribution in [2.24, 2.45) is 0 Å². The lowest BCUT2D eigenvalue weighted by Crippen LogP contribution is -2.37. The molecule has 0 radical (unpaired) electrons. The van der Waals surface area contributed by atoms with E-state index in [4.69, 9.17) is 0 Å². The van der Waals surface area contributed by atoms with Gasteiger partial charge in [-0.05, 0) is 20.4 Å². The van der Waals surface area contributed by atoms with E-state index in [1.54, 1.807) is 7.05 Å². The Kier molecular flexibility index (Phi) is 6.00. The van der Waals surface area contributed by atoms with Crippen LogP contribution in [0.15, 0.2) is 0 Å². The topological polar surface area (TPSA) is 70.2 Å². The Labute approximate surface area is 112 Å². The van der Waals surface area contributed by atoms with Gasteiger partial charge in [0.1, 0.15) is 0 Å². The van der Waals surface area contributed by atoms with Gasteiger partial charge in [0, 0.05) is 26.2 Å². The van der Waals surface area contributed by atoms with Crippen LogP contribution in [-0.4, -0.2) is 54.2 Å². The van der Waals surface area contributed by atoms with Crippen LogP contribution < -0.4 is 10.6 Å². The molecule has 0 aliphatic heterocycles. The Bertz CT molecular complexity index is 381. The van der Waals surface area contributed by atoms with E-state index in [0.717, 1.165) is 13.0 Å². The van der Waals surface area contributed by atoms with Crippen LogP contribution in [0.5, 0.6) is 0 Å². The highest BCUT2D eigenvalue weighted by atomic mass is 32.1. The van der Waals surface area contributed by atoms with E-state index in [-0.39, 0.29) is 5.91 Å². The first-order valence-electron chi connectivity index (χ1n) is 6.08. The zero-order valence-electron chi connectivity index (χ0n) is 11.4. The van der Waals surface area contributed by atoms with Gasteiger partial charge in [0.05, 0.1) is 0 Å². The smallest absolute Gasteiger partial charge is 0.282 e. The molecule has 102 valence electrons. The summed E-state index contributed by atoms with van der Waals surface area (Å²) in [5, 5.41) is 14.4. The molecular weight excluding hydrogens is 250 g/mol. The van der Waals surface area contributed by atoms with Gasteiger partial charge in [-0.3, -0.25) is 4.79 Å². The highest BCUT2D eigenvalue weighted by Gasteiger charge is 2.12. The second kappa shape index (κ2) is 7.27. The van der Waals surface area contributed by atoms with Crippen molar-refractivity contribution in [1.82, 2.24) is 20.4 Å². The minimum absolute atomic E-state index is 0.161. The molecular formula is C11H21N5OS. The molecule has 7 heteroatoms. The van der Waals surface area contributed by atoms with Gasteiger partial charge in [-0.2, -0.15) is 0 Å². The maximum absolute atomic E-state index is 11.7. The van der Waals surface area contributed by atoms with Crippen molar-refractivity contribution < 1.29 is 4.79 Å². The van der Waals surface area contributed by atoms with Crippen LogP contribution in [0.2, 0.25) is 0 Å². The van der Waals surface area contributed by atoms with Gasteiger partial charge in [0.25, 0.3) is 5.91 Å². The van der Waals surface area contributed by atoms with Crippen LogP contribution in [0, 0.1) is 0 Å². The van der Waals surface area contributed by atoms with E-state index in [9.17, 15) is 4.79 Å². The number of anilines is 1. The fourth-order valence-corrected chi connectivity index (χ4v) is 1.98. The van der Waals surface area contributed by atoms with E-state index >= 15 is 0 Å². The second-order valence-corrected chi connectivity index (χ2v) is 5.13. The molecule has 1 unspecified atom stereocenters. The predicted molar refractivity (Wildman–Crippen MR) is 74.2 cm³/mol. The first-order chi connectivity index (χ1) is 8.58. The number of amides is 1. The number of carbonyl (C=O) groups is 1. The number of nitrogens with zero attached hydrogens (tertiary/aromatic N) is 3. The van der Waals surface area contributed by atoms with Crippen LogP contribution in [0.4, 0.5) is 5.13 Å². The molecule has 2 N–H and O–H groups in total. The summed E-state index contributed by atoms with van der Waals surface area (Å²) < 4.78 is 0. The Balaban J connectivity index is 2.33. The standard InChI is InChI=1S/C11H21N5OS/c1-5-8(2)16(4)7-6-13-9(17)10-14-15-11(12-3)18-10/h8H,5-7H2,1-4H3,(H,12,15)(H,13,17). The van der Waals surface area contributed by atoms with Gasteiger partial charge in [-0.25, -0.2) is 0 Å². The van der Waals surface area contributed by atoms with E-state index < -0.39 is 0 Å². The summed E-state index contributed by atoms with van der Waals surface area (Å²) >= 11 is 1.25. The third kappa shape index (κ3) is 4.23. The summed E-state index contributed by atoms with van der Waals surface area (Å²) in [5.41, 5.74) is 0. The molecule has 0 saturated heterocycles. The molecule has 1 aromatic heterocycles. The minimum Gasteiger partial charge on any atom is -0.363 e. The fourth-order valence-electron chi connectivity index (χ4n) is 1.37. The molecule has 6 nitrogen and oxygen atoms in total. The van der Waals surface area contributed by atoms with Gasteiger partial charge in [-0.1, -0.05) is 18.3 Å². The largest absolute Gasteiger partial charge is 0.363 e. The van der Waals surface area contributed by atoms with Gasteiger partial charge >= 0.3 is 0 Å². The minimum atomic E-state index is -0.161. The summed E-state index contributed by atoms with van der Waals surface area (Å²) in [4.78, 5) is 14.0. The fraction of sp³-hybridized carbons (Fsp3) is 0.727. The van der Waals surface area contributed by atoms with Gasteiger partial charge in [0.15, 0.2) is 0 Å². The lowest BCUT2D eigenvalue weighted by Gasteiger charge is -2.23. The number of carbonyl (C=O) groups excluding carboxylic acids is 1. The van der Waals surface area contributed by atoms with Crippen LogP contribution in [0.25, 0.3) is 0 Å². The molecule has 0 bridgehead atoms. The van der Waals surface area contributed by atoms with Crippen LogP contribution in [0.3, 0.4) is 0 Å². The molecule has 0 fully saturated rings. The maximum atomic E-state index is 11.7. The van der Waals surface area contributed by atoms with Crippen molar-refractivity contribution in [3.8, 4) is 0 Å². The highest BCUT2D eigenvalue weighted by molar-refractivity contribution is 7.17. The molecule has 1 rings (SSSR count). The number of aromatic nitrogens is 2. The van der Waals surface area contributed by atoms with Crippen molar-refractivity contribution in [3.63, 3.8) is 0 Å². The van der Waals surface area contributed by atoms with Crippen molar-refractivity contribution in [3.05, 3.63) is 5.01 Å². The van der Waals surface area contributed by atoms with E-state index in [2.05, 4.69) is 46.6 Å². The van der Waals surface area contributed by atoms with Crippen molar-refractivity contribution in [2.75, 3.05) is 32.5 Å². The molecule has 0 aromatic carbocycles. The SMILES string of the molecule is CCC(C)N(C)CCNC(=O)c1nnc(NC)s1. The first-order valence-corrected chi connectivity index (χ1v) is 6.89. The normalized spacial score (nSPS) is 12.5. The summed E-state index contributed by atoms with van der Waals surface area (Å²) in [6, 6.07) is 0.527. The monoisotopic (exact) mass is 271 g/mol. The second-order valence-electron chi connectivity index (χ2n) is 4.16. The number of rotatable bonds is 7. The lowest BCUT2D eigenvalue weighted by atomic mass is 10.2.